The zero-order valence-electron chi connectivity index (χ0n) is 14.3. The molecular weight excluding hydrogens is 316 g/mol. The van der Waals surface area contributed by atoms with Crippen molar-refractivity contribution in [2.24, 2.45) is 4.99 Å². The van der Waals surface area contributed by atoms with Gasteiger partial charge in [-0.3, -0.25) is 4.99 Å². The van der Waals surface area contributed by atoms with Crippen molar-refractivity contribution in [2.45, 2.75) is 24.4 Å². The van der Waals surface area contributed by atoms with Crippen molar-refractivity contribution in [1.82, 2.24) is 14.9 Å². The summed E-state index contributed by atoms with van der Waals surface area (Å²) in [5, 5.41) is 6.30. The molecule has 1 aromatic rings. The van der Waals surface area contributed by atoms with E-state index in [0.717, 1.165) is 0 Å². The third kappa shape index (κ3) is 5.49. The molecule has 8 heteroatoms. The van der Waals surface area contributed by atoms with E-state index in [1.54, 1.807) is 32.4 Å². The summed E-state index contributed by atoms with van der Waals surface area (Å²) >= 11 is 0. The standard InChI is InChI=1S/C15H26N4O3S/c1-12(11-22-5)18-15(16-2)17-10-13-8-6-7-9-14(13)23(20,21)19(3)4/h6-9,12H,10-11H2,1-5H3,(H2,16,17,18). The molecule has 0 fully saturated rings. The second kappa shape index (κ2) is 8.85. The highest BCUT2D eigenvalue weighted by atomic mass is 32.2. The molecule has 7 nitrogen and oxygen atoms in total. The van der Waals surface area contributed by atoms with E-state index in [9.17, 15) is 8.42 Å². The van der Waals surface area contributed by atoms with Gasteiger partial charge in [0.05, 0.1) is 11.5 Å². The summed E-state index contributed by atoms with van der Waals surface area (Å²) in [5.74, 6) is 0.589. The minimum absolute atomic E-state index is 0.0898. The van der Waals surface area contributed by atoms with Gasteiger partial charge in [0, 0.05) is 40.8 Å². The molecule has 0 saturated heterocycles. The largest absolute Gasteiger partial charge is 0.383 e. The van der Waals surface area contributed by atoms with Crippen molar-refractivity contribution in [2.75, 3.05) is 34.9 Å². The number of hydrogen-bond donors (Lipinski definition) is 2. The quantitative estimate of drug-likeness (QED) is 0.561. The Hall–Kier alpha value is -1.64. The lowest BCUT2D eigenvalue weighted by Gasteiger charge is -2.19. The fraction of sp³-hybridized carbons (Fsp3) is 0.533. The number of methoxy groups -OCH3 is 1. The monoisotopic (exact) mass is 342 g/mol. The van der Waals surface area contributed by atoms with Gasteiger partial charge in [-0.05, 0) is 18.6 Å². The van der Waals surface area contributed by atoms with E-state index in [1.165, 1.54) is 18.4 Å². The van der Waals surface area contributed by atoms with Crippen LogP contribution >= 0.6 is 0 Å². The maximum Gasteiger partial charge on any atom is 0.242 e. The molecule has 2 N–H and O–H groups in total. The van der Waals surface area contributed by atoms with Crippen LogP contribution in [0.3, 0.4) is 0 Å². The number of benzene rings is 1. The molecule has 0 bridgehead atoms. The van der Waals surface area contributed by atoms with Gasteiger partial charge in [0.15, 0.2) is 5.96 Å². The predicted octanol–water partition coefficient (Wildman–Crippen LogP) is 0.637. The fourth-order valence-electron chi connectivity index (χ4n) is 2.00. The van der Waals surface area contributed by atoms with Crippen LogP contribution in [0.5, 0.6) is 0 Å². The molecule has 0 amide bonds. The summed E-state index contributed by atoms with van der Waals surface area (Å²) in [6.45, 7) is 2.87. The van der Waals surface area contributed by atoms with Crippen LogP contribution in [0.1, 0.15) is 12.5 Å². The van der Waals surface area contributed by atoms with Crippen LogP contribution in [0, 0.1) is 0 Å². The second-order valence-corrected chi connectivity index (χ2v) is 7.44. The van der Waals surface area contributed by atoms with Crippen LogP contribution in [0.4, 0.5) is 0 Å². The molecule has 0 radical (unpaired) electrons. The summed E-state index contributed by atoms with van der Waals surface area (Å²) < 4.78 is 31.0. The number of sulfonamides is 1. The molecule has 1 aromatic carbocycles. The Balaban J connectivity index is 2.86. The first-order valence-corrected chi connectivity index (χ1v) is 8.73. The molecule has 0 saturated carbocycles. The van der Waals surface area contributed by atoms with Crippen LogP contribution in [0.2, 0.25) is 0 Å². The van der Waals surface area contributed by atoms with E-state index in [0.29, 0.717) is 24.7 Å². The second-order valence-electron chi connectivity index (χ2n) is 5.32. The van der Waals surface area contributed by atoms with Crippen LogP contribution in [0.25, 0.3) is 0 Å². The summed E-state index contributed by atoms with van der Waals surface area (Å²) in [5.41, 5.74) is 0.684. The Kier molecular flexibility index (Phi) is 7.47. The number of rotatable bonds is 7. The fourth-order valence-corrected chi connectivity index (χ4v) is 3.11. The summed E-state index contributed by atoms with van der Waals surface area (Å²) in [6.07, 6.45) is 0. The third-order valence-electron chi connectivity index (χ3n) is 3.20. The van der Waals surface area contributed by atoms with Crippen molar-refractivity contribution in [1.29, 1.82) is 0 Å². The number of ether oxygens (including phenoxy) is 1. The smallest absolute Gasteiger partial charge is 0.242 e. The van der Waals surface area contributed by atoms with Crippen LogP contribution < -0.4 is 10.6 Å². The van der Waals surface area contributed by atoms with Gasteiger partial charge >= 0.3 is 0 Å². The SMILES string of the molecule is CN=C(NCc1ccccc1S(=O)(=O)N(C)C)NC(C)COC. The molecule has 0 spiro atoms. The summed E-state index contributed by atoms with van der Waals surface area (Å²) in [7, 11) is 2.86. The van der Waals surface area contributed by atoms with E-state index in [-0.39, 0.29) is 10.9 Å². The maximum absolute atomic E-state index is 12.4. The highest BCUT2D eigenvalue weighted by Crippen LogP contribution is 2.18. The first-order chi connectivity index (χ1) is 10.8. The van der Waals surface area contributed by atoms with Crippen molar-refractivity contribution >= 4 is 16.0 Å². The van der Waals surface area contributed by atoms with E-state index in [1.807, 2.05) is 13.0 Å². The van der Waals surface area contributed by atoms with Crippen LogP contribution in [-0.2, 0) is 21.3 Å². The summed E-state index contributed by atoms with van der Waals surface area (Å²) in [6, 6.07) is 7.01. The van der Waals surface area contributed by atoms with Crippen molar-refractivity contribution in [3.05, 3.63) is 29.8 Å². The van der Waals surface area contributed by atoms with E-state index in [4.69, 9.17) is 4.74 Å². The van der Waals surface area contributed by atoms with Gasteiger partial charge in [0.1, 0.15) is 0 Å². The average molecular weight is 342 g/mol. The lowest BCUT2D eigenvalue weighted by atomic mass is 10.2. The molecular formula is C15H26N4O3S. The lowest BCUT2D eigenvalue weighted by molar-refractivity contribution is 0.179. The predicted molar refractivity (Wildman–Crippen MR) is 92.0 cm³/mol. The Labute approximate surface area is 138 Å². The molecule has 0 heterocycles. The normalized spacial score (nSPS) is 13.9. The third-order valence-corrected chi connectivity index (χ3v) is 5.12. The number of aliphatic imine (C=N–C) groups is 1. The topological polar surface area (TPSA) is 83.0 Å². The molecule has 1 unspecified atom stereocenters. The van der Waals surface area contributed by atoms with Gasteiger partial charge in [-0.25, -0.2) is 12.7 Å². The highest BCUT2D eigenvalue weighted by molar-refractivity contribution is 7.89. The molecule has 0 aliphatic carbocycles. The zero-order chi connectivity index (χ0) is 17.5. The minimum Gasteiger partial charge on any atom is -0.383 e. The maximum atomic E-state index is 12.4. The Morgan fingerprint density at radius 3 is 2.57 bits per heavy atom. The van der Waals surface area contributed by atoms with Crippen molar-refractivity contribution < 1.29 is 13.2 Å². The number of guanidine groups is 1. The van der Waals surface area contributed by atoms with Crippen molar-refractivity contribution in [3.8, 4) is 0 Å². The molecule has 23 heavy (non-hydrogen) atoms. The highest BCUT2D eigenvalue weighted by Gasteiger charge is 2.20. The van der Waals surface area contributed by atoms with E-state index < -0.39 is 10.0 Å². The molecule has 1 atom stereocenters. The van der Waals surface area contributed by atoms with Gasteiger partial charge in [-0.2, -0.15) is 0 Å². The van der Waals surface area contributed by atoms with Gasteiger partial charge in [-0.1, -0.05) is 18.2 Å². The first kappa shape index (κ1) is 19.4. The Morgan fingerprint density at radius 1 is 1.35 bits per heavy atom. The van der Waals surface area contributed by atoms with E-state index >= 15 is 0 Å². The van der Waals surface area contributed by atoms with Gasteiger partial charge in [-0.15, -0.1) is 0 Å². The molecule has 130 valence electrons. The van der Waals surface area contributed by atoms with Gasteiger partial charge in [0.25, 0.3) is 0 Å². The summed E-state index contributed by atoms with van der Waals surface area (Å²) in [4.78, 5) is 4.42. The molecule has 0 aromatic heterocycles. The van der Waals surface area contributed by atoms with E-state index in [2.05, 4.69) is 15.6 Å². The number of hydrogen-bond acceptors (Lipinski definition) is 4. The van der Waals surface area contributed by atoms with Crippen LogP contribution in [0.15, 0.2) is 34.2 Å². The minimum atomic E-state index is -3.48. The Morgan fingerprint density at radius 2 is 2.00 bits per heavy atom. The molecule has 0 aliphatic rings. The van der Waals surface area contributed by atoms with Crippen LogP contribution in [-0.4, -0.2) is 59.6 Å². The average Bonchev–Trinajstić information content (AvgIpc) is 2.51. The molecule has 0 aliphatic heterocycles. The molecule has 1 rings (SSSR count). The number of nitrogens with zero attached hydrogens (tertiary/aromatic N) is 2. The zero-order valence-corrected chi connectivity index (χ0v) is 15.1. The van der Waals surface area contributed by atoms with Gasteiger partial charge < -0.3 is 15.4 Å². The Bertz CT molecular complexity index is 629. The van der Waals surface area contributed by atoms with Gasteiger partial charge in [0.2, 0.25) is 10.0 Å². The number of nitrogens with one attached hydrogen (secondary N) is 2. The lowest BCUT2D eigenvalue weighted by Crippen LogP contribution is -2.43. The van der Waals surface area contributed by atoms with Crippen molar-refractivity contribution in [3.63, 3.8) is 0 Å². The first-order valence-electron chi connectivity index (χ1n) is 7.29.